The fourth-order valence-electron chi connectivity index (χ4n) is 3.34. The van der Waals surface area contributed by atoms with Gasteiger partial charge in [-0.05, 0) is 48.4 Å². The van der Waals surface area contributed by atoms with Gasteiger partial charge in [-0.25, -0.2) is 0 Å². The number of aryl methyl sites for hydroxylation is 1. The Bertz CT molecular complexity index is 993. The van der Waals surface area contributed by atoms with Crippen LogP contribution in [-0.2, 0) is 4.79 Å². The smallest absolute Gasteiger partial charge is 0.265 e. The number of benzene rings is 3. The Morgan fingerprint density at radius 3 is 2.64 bits per heavy atom. The molecule has 28 heavy (non-hydrogen) atoms. The molecule has 1 amide bonds. The van der Waals surface area contributed by atoms with Crippen molar-refractivity contribution in [3.8, 4) is 5.75 Å². The van der Waals surface area contributed by atoms with E-state index in [1.807, 2.05) is 54.3 Å². The van der Waals surface area contributed by atoms with Crippen molar-refractivity contribution in [2.75, 3.05) is 17.3 Å². The number of nitrogens with zero attached hydrogens (tertiary/aromatic N) is 1. The standard InChI is InChI=1S/C23H20ClNO2S/c1-16-13-18(11-12-19(16)24)27-14-23(26)25-20-9-5-6-10-22(20)28-15-21(25)17-7-3-2-4-8-17/h2-13,21H,14-15H2,1H3/t21-/m1/s1. The molecule has 0 aromatic heterocycles. The van der Waals surface area contributed by atoms with Crippen LogP contribution in [0.25, 0.3) is 0 Å². The number of carbonyl (C=O) groups is 1. The summed E-state index contributed by atoms with van der Waals surface area (Å²) in [5, 5.41) is 0.685. The van der Waals surface area contributed by atoms with E-state index >= 15 is 0 Å². The average Bonchev–Trinajstić information content (AvgIpc) is 2.74. The highest BCUT2D eigenvalue weighted by Gasteiger charge is 2.32. The van der Waals surface area contributed by atoms with Gasteiger partial charge in [0, 0.05) is 15.7 Å². The number of halogens is 1. The minimum atomic E-state index is -0.0609. The number of thioether (sulfide) groups is 1. The molecule has 0 saturated heterocycles. The lowest BCUT2D eigenvalue weighted by Gasteiger charge is -2.37. The second kappa shape index (κ2) is 8.29. The molecule has 3 nitrogen and oxygen atoms in total. The Morgan fingerprint density at radius 1 is 1.11 bits per heavy atom. The van der Waals surface area contributed by atoms with E-state index in [0.717, 1.165) is 27.5 Å². The van der Waals surface area contributed by atoms with Gasteiger partial charge in [-0.15, -0.1) is 11.8 Å². The summed E-state index contributed by atoms with van der Waals surface area (Å²) in [6, 6.07) is 23.6. The molecule has 3 aromatic rings. The zero-order valence-electron chi connectivity index (χ0n) is 15.5. The third-order valence-corrected chi connectivity index (χ3v) is 6.34. The fraction of sp³-hybridized carbons (Fsp3) is 0.174. The average molecular weight is 410 g/mol. The van der Waals surface area contributed by atoms with E-state index in [-0.39, 0.29) is 18.6 Å². The lowest BCUT2D eigenvalue weighted by molar-refractivity contribution is -0.121. The van der Waals surface area contributed by atoms with Crippen molar-refractivity contribution in [3.05, 3.63) is 88.9 Å². The lowest BCUT2D eigenvalue weighted by atomic mass is 10.1. The van der Waals surface area contributed by atoms with Gasteiger partial charge in [0.05, 0.1) is 11.7 Å². The number of hydrogen-bond donors (Lipinski definition) is 0. The molecule has 1 aliphatic heterocycles. The molecule has 0 saturated carbocycles. The van der Waals surface area contributed by atoms with E-state index in [9.17, 15) is 4.79 Å². The van der Waals surface area contributed by atoms with Crippen LogP contribution < -0.4 is 9.64 Å². The van der Waals surface area contributed by atoms with Crippen LogP contribution in [0.2, 0.25) is 5.02 Å². The molecular formula is C23H20ClNO2S. The van der Waals surface area contributed by atoms with E-state index in [1.165, 1.54) is 0 Å². The topological polar surface area (TPSA) is 29.5 Å². The van der Waals surface area contributed by atoms with Gasteiger partial charge in [0.25, 0.3) is 5.91 Å². The van der Waals surface area contributed by atoms with Crippen molar-refractivity contribution in [2.24, 2.45) is 0 Å². The molecule has 0 aliphatic carbocycles. The van der Waals surface area contributed by atoms with Gasteiger partial charge in [-0.2, -0.15) is 0 Å². The Morgan fingerprint density at radius 2 is 1.86 bits per heavy atom. The first-order valence-electron chi connectivity index (χ1n) is 9.11. The number of rotatable bonds is 4. The molecule has 0 unspecified atom stereocenters. The van der Waals surface area contributed by atoms with Gasteiger partial charge in [0.15, 0.2) is 6.61 Å². The minimum Gasteiger partial charge on any atom is -0.484 e. The first kappa shape index (κ1) is 18.9. The van der Waals surface area contributed by atoms with Crippen LogP contribution in [0.4, 0.5) is 5.69 Å². The number of hydrogen-bond acceptors (Lipinski definition) is 3. The van der Waals surface area contributed by atoms with Crippen molar-refractivity contribution < 1.29 is 9.53 Å². The predicted octanol–water partition coefficient (Wildman–Crippen LogP) is 5.91. The highest BCUT2D eigenvalue weighted by molar-refractivity contribution is 7.99. The zero-order valence-corrected chi connectivity index (χ0v) is 17.0. The second-order valence-corrected chi connectivity index (χ2v) is 8.14. The second-order valence-electron chi connectivity index (χ2n) is 6.67. The fourth-order valence-corrected chi connectivity index (χ4v) is 4.63. The van der Waals surface area contributed by atoms with Crippen molar-refractivity contribution >= 4 is 35.0 Å². The molecule has 4 rings (SSSR count). The van der Waals surface area contributed by atoms with Gasteiger partial charge in [-0.3, -0.25) is 9.69 Å². The highest BCUT2D eigenvalue weighted by atomic mass is 35.5. The number of amides is 1. The summed E-state index contributed by atoms with van der Waals surface area (Å²) < 4.78 is 5.80. The maximum atomic E-state index is 13.2. The Kier molecular flexibility index (Phi) is 5.60. The quantitative estimate of drug-likeness (QED) is 0.536. The molecule has 0 bridgehead atoms. The zero-order chi connectivity index (χ0) is 19.5. The number of para-hydroxylation sites is 1. The van der Waals surface area contributed by atoms with Crippen LogP contribution >= 0.6 is 23.4 Å². The maximum Gasteiger partial charge on any atom is 0.265 e. The van der Waals surface area contributed by atoms with E-state index in [4.69, 9.17) is 16.3 Å². The molecule has 0 spiro atoms. The third kappa shape index (κ3) is 3.89. The van der Waals surface area contributed by atoms with Crippen molar-refractivity contribution in [2.45, 2.75) is 17.9 Å². The third-order valence-electron chi connectivity index (χ3n) is 4.78. The van der Waals surface area contributed by atoms with Crippen molar-refractivity contribution in [3.63, 3.8) is 0 Å². The van der Waals surface area contributed by atoms with Crippen LogP contribution in [0.15, 0.2) is 77.7 Å². The Labute approximate surface area is 174 Å². The minimum absolute atomic E-state index is 0.0239. The summed E-state index contributed by atoms with van der Waals surface area (Å²) in [6.45, 7) is 1.89. The van der Waals surface area contributed by atoms with Gasteiger partial charge in [0.1, 0.15) is 5.75 Å². The van der Waals surface area contributed by atoms with Gasteiger partial charge in [0.2, 0.25) is 0 Å². The van der Waals surface area contributed by atoms with Gasteiger partial charge < -0.3 is 4.74 Å². The predicted molar refractivity (Wildman–Crippen MR) is 116 cm³/mol. The largest absolute Gasteiger partial charge is 0.484 e. The molecule has 1 atom stereocenters. The summed E-state index contributed by atoms with van der Waals surface area (Å²) >= 11 is 7.86. The van der Waals surface area contributed by atoms with Crippen LogP contribution in [0, 0.1) is 6.92 Å². The summed E-state index contributed by atoms with van der Waals surface area (Å²) in [5.41, 5.74) is 2.99. The molecule has 3 aromatic carbocycles. The summed E-state index contributed by atoms with van der Waals surface area (Å²) in [7, 11) is 0. The number of carbonyl (C=O) groups excluding carboxylic acids is 1. The molecular weight excluding hydrogens is 390 g/mol. The first-order chi connectivity index (χ1) is 13.6. The molecule has 1 aliphatic rings. The maximum absolute atomic E-state index is 13.2. The summed E-state index contributed by atoms with van der Waals surface area (Å²) in [4.78, 5) is 16.2. The number of fused-ring (bicyclic) bond motifs is 1. The summed E-state index contributed by atoms with van der Waals surface area (Å²) in [6.07, 6.45) is 0. The molecule has 1 heterocycles. The lowest BCUT2D eigenvalue weighted by Crippen LogP contribution is -2.41. The number of ether oxygens (including phenoxy) is 1. The molecule has 5 heteroatoms. The van der Waals surface area contributed by atoms with E-state index in [1.54, 1.807) is 23.9 Å². The van der Waals surface area contributed by atoms with E-state index in [0.29, 0.717) is 10.8 Å². The first-order valence-corrected chi connectivity index (χ1v) is 10.5. The van der Waals surface area contributed by atoms with Crippen molar-refractivity contribution in [1.29, 1.82) is 0 Å². The van der Waals surface area contributed by atoms with Gasteiger partial charge >= 0.3 is 0 Å². The van der Waals surface area contributed by atoms with Crippen LogP contribution in [0.5, 0.6) is 5.75 Å². The SMILES string of the molecule is Cc1cc(OCC(=O)N2c3ccccc3SC[C@@H]2c2ccccc2)ccc1Cl. The summed E-state index contributed by atoms with van der Waals surface area (Å²) in [5.74, 6) is 1.40. The normalized spacial score (nSPS) is 15.8. The van der Waals surface area contributed by atoms with E-state index < -0.39 is 0 Å². The highest BCUT2D eigenvalue weighted by Crippen LogP contribution is 2.43. The Balaban J connectivity index is 1.61. The monoisotopic (exact) mass is 409 g/mol. The molecule has 0 fully saturated rings. The molecule has 0 N–H and O–H groups in total. The number of anilines is 1. The van der Waals surface area contributed by atoms with Crippen molar-refractivity contribution in [1.82, 2.24) is 0 Å². The Hall–Kier alpha value is -2.43. The van der Waals surface area contributed by atoms with E-state index in [2.05, 4.69) is 18.2 Å². The molecule has 0 radical (unpaired) electrons. The van der Waals surface area contributed by atoms with Gasteiger partial charge in [-0.1, -0.05) is 54.1 Å². The van der Waals surface area contributed by atoms with Crippen LogP contribution in [-0.4, -0.2) is 18.3 Å². The van der Waals surface area contributed by atoms with Crippen LogP contribution in [0.1, 0.15) is 17.2 Å². The van der Waals surface area contributed by atoms with Crippen LogP contribution in [0.3, 0.4) is 0 Å². The molecule has 142 valence electrons.